The highest BCUT2D eigenvalue weighted by Crippen LogP contribution is 2.20. The van der Waals surface area contributed by atoms with Gasteiger partial charge in [-0.3, -0.25) is 0 Å². The van der Waals surface area contributed by atoms with Crippen molar-refractivity contribution in [3.8, 4) is 0 Å². The van der Waals surface area contributed by atoms with Crippen molar-refractivity contribution in [3.05, 3.63) is 12.2 Å². The lowest BCUT2D eigenvalue weighted by Gasteiger charge is -2.28. The maximum atomic E-state index is 10.5. The first-order chi connectivity index (χ1) is 7.63. The van der Waals surface area contributed by atoms with Crippen LogP contribution in [0.2, 0.25) is 0 Å². The van der Waals surface area contributed by atoms with Crippen LogP contribution in [0.15, 0.2) is 12.2 Å². The number of methoxy groups -OCH3 is 1. The Hall–Kier alpha value is -0.910. The van der Waals surface area contributed by atoms with Gasteiger partial charge in [0.05, 0.1) is 6.61 Å². The Morgan fingerprint density at radius 2 is 2.19 bits per heavy atom. The first-order valence-electron chi connectivity index (χ1n) is 5.34. The molecule has 92 valence electrons. The Morgan fingerprint density at radius 3 is 2.81 bits per heavy atom. The van der Waals surface area contributed by atoms with Crippen molar-refractivity contribution >= 4 is 5.97 Å². The van der Waals surface area contributed by atoms with E-state index in [1.54, 1.807) is 7.11 Å². The number of hydrogen-bond donors (Lipinski definition) is 1. The molecule has 1 N–H and O–H groups in total. The average molecular weight is 230 g/mol. The first kappa shape index (κ1) is 13.2. The fraction of sp³-hybridized carbons (Fsp3) is 0.727. The molecule has 1 aliphatic rings. The largest absolute Gasteiger partial charge is 0.478 e. The molecule has 0 amide bonds. The molecular weight excluding hydrogens is 212 g/mol. The molecule has 0 bridgehead atoms. The Kier molecular flexibility index (Phi) is 5.45. The monoisotopic (exact) mass is 230 g/mol. The quantitative estimate of drug-likeness (QED) is 0.701. The van der Waals surface area contributed by atoms with E-state index < -0.39 is 5.97 Å². The Morgan fingerprint density at radius 1 is 1.50 bits per heavy atom. The third-order valence-electron chi connectivity index (χ3n) is 2.46. The molecule has 1 fully saturated rings. The topological polar surface area (TPSA) is 65.0 Å². The molecule has 0 saturated carbocycles. The second-order valence-corrected chi connectivity index (χ2v) is 3.69. The number of aliphatic carboxylic acids is 1. The van der Waals surface area contributed by atoms with Gasteiger partial charge in [0.2, 0.25) is 0 Å². The number of carbonyl (C=O) groups is 1. The van der Waals surface area contributed by atoms with Crippen LogP contribution in [0, 0.1) is 0 Å². The highest BCUT2D eigenvalue weighted by atomic mass is 16.8. The molecule has 1 heterocycles. The lowest BCUT2D eigenvalue weighted by molar-refractivity contribution is -0.259. The van der Waals surface area contributed by atoms with Gasteiger partial charge in [-0.2, -0.15) is 0 Å². The maximum Gasteiger partial charge on any atom is 0.331 e. The van der Waals surface area contributed by atoms with E-state index in [9.17, 15) is 4.79 Å². The van der Waals surface area contributed by atoms with Gasteiger partial charge in [0, 0.05) is 19.1 Å². The summed E-state index contributed by atoms with van der Waals surface area (Å²) in [6.45, 7) is 3.73. The summed E-state index contributed by atoms with van der Waals surface area (Å²) in [6, 6.07) is 0. The molecule has 0 aromatic rings. The fourth-order valence-electron chi connectivity index (χ4n) is 1.47. The zero-order valence-electron chi connectivity index (χ0n) is 9.48. The van der Waals surface area contributed by atoms with Crippen LogP contribution >= 0.6 is 0 Å². The average Bonchev–Trinajstić information content (AvgIpc) is 2.29. The van der Waals surface area contributed by atoms with Crippen molar-refractivity contribution in [2.45, 2.75) is 38.3 Å². The molecule has 1 aliphatic heterocycles. The summed E-state index contributed by atoms with van der Waals surface area (Å²) < 4.78 is 15.9. The summed E-state index contributed by atoms with van der Waals surface area (Å²) in [4.78, 5) is 10.5. The summed E-state index contributed by atoms with van der Waals surface area (Å²) in [6.07, 6.45) is 2.50. The molecule has 0 aromatic heterocycles. The van der Waals surface area contributed by atoms with E-state index in [2.05, 4.69) is 6.58 Å². The van der Waals surface area contributed by atoms with Gasteiger partial charge < -0.3 is 19.3 Å². The van der Waals surface area contributed by atoms with Crippen LogP contribution in [-0.2, 0) is 19.0 Å². The van der Waals surface area contributed by atoms with Crippen molar-refractivity contribution in [2.24, 2.45) is 0 Å². The summed E-state index contributed by atoms with van der Waals surface area (Å²) >= 11 is 0. The summed E-state index contributed by atoms with van der Waals surface area (Å²) in [5.41, 5.74) is 0.152. The van der Waals surface area contributed by atoms with Crippen LogP contribution in [-0.4, -0.2) is 37.4 Å². The molecule has 1 saturated heterocycles. The lowest BCUT2D eigenvalue weighted by Crippen LogP contribution is -2.31. The van der Waals surface area contributed by atoms with Gasteiger partial charge in [-0.15, -0.1) is 0 Å². The van der Waals surface area contributed by atoms with E-state index in [4.69, 9.17) is 19.3 Å². The van der Waals surface area contributed by atoms with Crippen molar-refractivity contribution in [1.29, 1.82) is 0 Å². The van der Waals surface area contributed by atoms with Crippen LogP contribution in [0.4, 0.5) is 0 Å². The van der Waals surface area contributed by atoms with Gasteiger partial charge >= 0.3 is 5.97 Å². The second kappa shape index (κ2) is 6.62. The van der Waals surface area contributed by atoms with Gasteiger partial charge in [-0.1, -0.05) is 6.58 Å². The summed E-state index contributed by atoms with van der Waals surface area (Å²) in [5.74, 6) is -0.983. The fourth-order valence-corrected chi connectivity index (χ4v) is 1.47. The second-order valence-electron chi connectivity index (χ2n) is 3.69. The van der Waals surface area contributed by atoms with Gasteiger partial charge in [-0.25, -0.2) is 4.79 Å². The molecule has 5 nitrogen and oxygen atoms in total. The smallest absolute Gasteiger partial charge is 0.331 e. The number of hydrogen-bond acceptors (Lipinski definition) is 4. The molecule has 2 unspecified atom stereocenters. The molecule has 1 rings (SSSR count). The van der Waals surface area contributed by atoms with Crippen molar-refractivity contribution < 1.29 is 24.1 Å². The van der Waals surface area contributed by atoms with Gasteiger partial charge in [0.25, 0.3) is 0 Å². The van der Waals surface area contributed by atoms with Crippen LogP contribution in [0.3, 0.4) is 0 Å². The summed E-state index contributed by atoms with van der Waals surface area (Å²) in [5, 5.41) is 8.59. The first-order valence-corrected chi connectivity index (χ1v) is 5.34. The van der Waals surface area contributed by atoms with E-state index in [0.717, 1.165) is 19.3 Å². The minimum absolute atomic E-state index is 0.152. The van der Waals surface area contributed by atoms with Crippen molar-refractivity contribution in [2.75, 3.05) is 13.7 Å². The molecule has 2 atom stereocenters. The minimum atomic E-state index is -0.983. The van der Waals surface area contributed by atoms with E-state index in [1.807, 2.05) is 0 Å². The van der Waals surface area contributed by atoms with Crippen LogP contribution < -0.4 is 0 Å². The zero-order chi connectivity index (χ0) is 12.0. The third kappa shape index (κ3) is 4.30. The predicted molar refractivity (Wildman–Crippen MR) is 56.9 cm³/mol. The van der Waals surface area contributed by atoms with Crippen molar-refractivity contribution in [1.82, 2.24) is 0 Å². The van der Waals surface area contributed by atoms with Gasteiger partial charge in [0.1, 0.15) is 0 Å². The Bertz CT molecular complexity index is 251. The van der Waals surface area contributed by atoms with Crippen LogP contribution in [0.1, 0.15) is 25.7 Å². The molecule has 16 heavy (non-hydrogen) atoms. The number of rotatable bonds is 6. The SMILES string of the molecule is C=C(CCOC1CCCC(OC)O1)C(=O)O. The standard InChI is InChI=1S/C11H18O5/c1-8(11(12)13)6-7-15-10-5-3-4-9(14-2)16-10/h9-10H,1,3-7H2,2H3,(H,12,13). The molecule has 0 spiro atoms. The van der Waals surface area contributed by atoms with E-state index >= 15 is 0 Å². The molecule has 0 aliphatic carbocycles. The minimum Gasteiger partial charge on any atom is -0.478 e. The normalized spacial score (nSPS) is 25.3. The zero-order valence-corrected chi connectivity index (χ0v) is 9.48. The van der Waals surface area contributed by atoms with Gasteiger partial charge in [0.15, 0.2) is 12.6 Å². The summed E-state index contributed by atoms with van der Waals surface area (Å²) in [7, 11) is 1.60. The number of carboxylic acid groups (broad SMARTS) is 1. The van der Waals surface area contributed by atoms with Crippen LogP contribution in [0.5, 0.6) is 0 Å². The highest BCUT2D eigenvalue weighted by molar-refractivity contribution is 5.85. The molecular formula is C11H18O5. The van der Waals surface area contributed by atoms with Crippen molar-refractivity contribution in [3.63, 3.8) is 0 Å². The number of carboxylic acids is 1. The highest BCUT2D eigenvalue weighted by Gasteiger charge is 2.22. The molecule has 5 heteroatoms. The number of ether oxygens (including phenoxy) is 3. The molecule has 0 aromatic carbocycles. The Balaban J connectivity index is 2.17. The van der Waals surface area contributed by atoms with E-state index in [1.165, 1.54) is 0 Å². The lowest BCUT2D eigenvalue weighted by atomic mass is 10.2. The third-order valence-corrected chi connectivity index (χ3v) is 2.46. The van der Waals surface area contributed by atoms with E-state index in [0.29, 0.717) is 13.0 Å². The predicted octanol–water partition coefficient (Wildman–Crippen LogP) is 1.53. The maximum absolute atomic E-state index is 10.5. The molecule has 0 radical (unpaired) electrons. The Labute approximate surface area is 95.0 Å². The van der Waals surface area contributed by atoms with Gasteiger partial charge in [-0.05, 0) is 19.3 Å². The van der Waals surface area contributed by atoms with Crippen LogP contribution in [0.25, 0.3) is 0 Å². The van der Waals surface area contributed by atoms with E-state index in [-0.39, 0.29) is 18.2 Å².